The Morgan fingerprint density at radius 2 is 2.33 bits per heavy atom. The van der Waals surface area contributed by atoms with Crippen molar-refractivity contribution in [2.75, 3.05) is 6.54 Å². The lowest BCUT2D eigenvalue weighted by molar-refractivity contribution is 0.509. The molecule has 0 amide bonds. The third-order valence-electron chi connectivity index (χ3n) is 3.25. The zero-order valence-corrected chi connectivity index (χ0v) is 14.0. The predicted octanol–water partition coefficient (Wildman–Crippen LogP) is 2.30. The minimum Gasteiger partial charge on any atom is -0.312 e. The molecule has 0 aliphatic heterocycles. The van der Waals surface area contributed by atoms with Gasteiger partial charge in [0.2, 0.25) is 5.16 Å². The van der Waals surface area contributed by atoms with Crippen LogP contribution in [0.5, 0.6) is 0 Å². The monoisotopic (exact) mass is 324 g/mol. The molecule has 0 unspecified atom stereocenters. The van der Waals surface area contributed by atoms with Crippen LogP contribution in [-0.4, -0.2) is 37.8 Å². The second-order valence-corrected chi connectivity index (χ2v) is 7.37. The Morgan fingerprint density at radius 1 is 1.48 bits per heavy atom. The fourth-order valence-corrected chi connectivity index (χ4v) is 3.63. The Kier molecular flexibility index (Phi) is 4.87. The summed E-state index contributed by atoms with van der Waals surface area (Å²) in [5, 5.41) is 19.6. The number of tetrazole rings is 1. The summed E-state index contributed by atoms with van der Waals surface area (Å²) in [5.41, 5.74) is 1.11. The molecule has 2 aromatic heterocycles. The second kappa shape index (κ2) is 6.85. The molecule has 0 aromatic carbocycles. The molecule has 0 atom stereocenters. The Hall–Kier alpha value is -0.990. The summed E-state index contributed by atoms with van der Waals surface area (Å²) in [6.07, 6.45) is 2.61. The molecular formula is C13H20N6S2. The largest absolute Gasteiger partial charge is 0.312 e. The van der Waals surface area contributed by atoms with Gasteiger partial charge in [-0.1, -0.05) is 25.6 Å². The van der Waals surface area contributed by atoms with Crippen LogP contribution < -0.4 is 5.32 Å². The third-order valence-corrected chi connectivity index (χ3v) is 5.43. The Labute approximate surface area is 132 Å². The lowest BCUT2D eigenvalue weighted by atomic mass is 10.2. The van der Waals surface area contributed by atoms with E-state index >= 15 is 0 Å². The van der Waals surface area contributed by atoms with E-state index in [4.69, 9.17) is 0 Å². The van der Waals surface area contributed by atoms with Crippen molar-refractivity contribution in [1.29, 1.82) is 0 Å². The molecule has 8 heteroatoms. The first kappa shape index (κ1) is 14.9. The molecule has 2 heterocycles. The van der Waals surface area contributed by atoms with Gasteiger partial charge in [-0.25, -0.2) is 9.67 Å². The first-order valence-electron chi connectivity index (χ1n) is 7.29. The summed E-state index contributed by atoms with van der Waals surface area (Å²) < 4.78 is 1.87. The molecule has 0 saturated heterocycles. The van der Waals surface area contributed by atoms with Crippen LogP contribution in [0.15, 0.2) is 10.5 Å². The van der Waals surface area contributed by atoms with Gasteiger partial charge < -0.3 is 5.32 Å². The van der Waals surface area contributed by atoms with Crippen LogP contribution in [0.2, 0.25) is 0 Å². The number of thioether (sulfide) groups is 1. The average Bonchev–Trinajstić information content (AvgIpc) is 2.99. The lowest BCUT2D eigenvalue weighted by Gasteiger charge is -2.04. The fourth-order valence-electron chi connectivity index (χ4n) is 1.89. The van der Waals surface area contributed by atoms with Gasteiger partial charge in [0.1, 0.15) is 0 Å². The summed E-state index contributed by atoms with van der Waals surface area (Å²) in [6.45, 7) is 6.09. The normalized spacial score (nSPS) is 15.0. The van der Waals surface area contributed by atoms with E-state index in [-0.39, 0.29) is 0 Å². The summed E-state index contributed by atoms with van der Waals surface area (Å²) in [4.78, 5) is 4.64. The molecule has 1 N–H and O–H groups in total. The number of hydrogen-bond acceptors (Lipinski definition) is 7. The molecule has 0 radical (unpaired) electrons. The molecule has 1 aliphatic carbocycles. The van der Waals surface area contributed by atoms with Gasteiger partial charge in [-0.2, -0.15) is 0 Å². The third kappa shape index (κ3) is 4.24. The summed E-state index contributed by atoms with van der Waals surface area (Å²) in [5.74, 6) is 1.31. The van der Waals surface area contributed by atoms with E-state index in [0.717, 1.165) is 35.7 Å². The number of aromatic nitrogens is 5. The Morgan fingerprint density at radius 3 is 3.05 bits per heavy atom. The number of thiazole rings is 1. The van der Waals surface area contributed by atoms with E-state index in [1.807, 2.05) is 4.68 Å². The van der Waals surface area contributed by atoms with Gasteiger partial charge in [-0.3, -0.25) is 0 Å². The van der Waals surface area contributed by atoms with Gasteiger partial charge in [-0.05, 0) is 23.3 Å². The first-order chi connectivity index (χ1) is 10.2. The highest BCUT2D eigenvalue weighted by molar-refractivity contribution is 7.98. The molecule has 1 aliphatic rings. The van der Waals surface area contributed by atoms with Crippen LogP contribution in [0.1, 0.15) is 43.3 Å². The van der Waals surface area contributed by atoms with Crippen LogP contribution in [0.4, 0.5) is 0 Å². The first-order valence-corrected chi connectivity index (χ1v) is 9.15. The van der Waals surface area contributed by atoms with Crippen molar-refractivity contribution < 1.29 is 0 Å². The van der Waals surface area contributed by atoms with Crippen LogP contribution in [0.25, 0.3) is 0 Å². The molecule has 0 bridgehead atoms. The molecule has 6 nitrogen and oxygen atoms in total. The van der Waals surface area contributed by atoms with E-state index < -0.39 is 0 Å². The molecule has 114 valence electrons. The Balaban J connectivity index is 1.50. The molecule has 1 saturated carbocycles. The summed E-state index contributed by atoms with van der Waals surface area (Å²) in [6, 6.07) is 0.724. The molecular weight excluding hydrogens is 304 g/mol. The van der Waals surface area contributed by atoms with E-state index in [1.165, 1.54) is 17.8 Å². The van der Waals surface area contributed by atoms with Gasteiger partial charge in [0.15, 0.2) is 0 Å². The highest BCUT2D eigenvalue weighted by Crippen LogP contribution is 2.24. The Bertz CT molecular complexity index is 575. The highest BCUT2D eigenvalue weighted by Gasteiger charge is 2.20. The van der Waals surface area contributed by atoms with Crippen molar-refractivity contribution in [3.8, 4) is 0 Å². The van der Waals surface area contributed by atoms with Crippen LogP contribution in [0.3, 0.4) is 0 Å². The van der Waals surface area contributed by atoms with Gasteiger partial charge >= 0.3 is 0 Å². The van der Waals surface area contributed by atoms with Crippen molar-refractivity contribution >= 4 is 23.1 Å². The van der Waals surface area contributed by atoms with E-state index in [1.54, 1.807) is 23.1 Å². The topological polar surface area (TPSA) is 68.5 Å². The predicted molar refractivity (Wildman–Crippen MR) is 84.6 cm³/mol. The molecule has 0 spiro atoms. The molecule has 21 heavy (non-hydrogen) atoms. The van der Waals surface area contributed by atoms with E-state index in [0.29, 0.717) is 5.92 Å². The van der Waals surface area contributed by atoms with Crippen LogP contribution >= 0.6 is 23.1 Å². The SMILES string of the molecule is CC(C)c1nc(CSc2nnnn2CCNC2CC2)cs1. The standard InChI is InChI=1S/C13H20N6S2/c1-9(2)12-15-11(7-20-12)8-21-13-16-17-18-19(13)6-5-14-10-3-4-10/h7,9-10,14H,3-6,8H2,1-2H3. The smallest absolute Gasteiger partial charge is 0.209 e. The average molecular weight is 324 g/mol. The number of nitrogens with zero attached hydrogens (tertiary/aromatic N) is 5. The van der Waals surface area contributed by atoms with Crippen LogP contribution in [-0.2, 0) is 12.3 Å². The van der Waals surface area contributed by atoms with Crippen molar-refractivity contribution in [2.45, 2.75) is 56.1 Å². The van der Waals surface area contributed by atoms with E-state index in [2.05, 4.69) is 45.1 Å². The molecule has 1 fully saturated rings. The quantitative estimate of drug-likeness (QED) is 0.752. The van der Waals surface area contributed by atoms with Crippen molar-refractivity contribution in [3.63, 3.8) is 0 Å². The number of rotatable bonds is 8. The summed E-state index contributed by atoms with van der Waals surface area (Å²) in [7, 11) is 0. The van der Waals surface area contributed by atoms with Crippen molar-refractivity contribution in [1.82, 2.24) is 30.5 Å². The van der Waals surface area contributed by atoms with Crippen LogP contribution in [0, 0.1) is 0 Å². The maximum Gasteiger partial charge on any atom is 0.209 e. The second-order valence-electron chi connectivity index (χ2n) is 5.53. The highest BCUT2D eigenvalue weighted by atomic mass is 32.2. The maximum absolute atomic E-state index is 4.64. The van der Waals surface area contributed by atoms with Crippen molar-refractivity contribution in [3.05, 3.63) is 16.1 Å². The molecule has 3 rings (SSSR count). The maximum atomic E-state index is 4.64. The van der Waals surface area contributed by atoms with Gasteiger partial charge in [0.25, 0.3) is 0 Å². The minimum atomic E-state index is 0.493. The van der Waals surface area contributed by atoms with Gasteiger partial charge in [-0.15, -0.1) is 16.4 Å². The minimum absolute atomic E-state index is 0.493. The number of nitrogens with one attached hydrogen (secondary N) is 1. The summed E-state index contributed by atoms with van der Waals surface area (Å²) >= 11 is 3.38. The number of hydrogen-bond donors (Lipinski definition) is 1. The van der Waals surface area contributed by atoms with Crippen molar-refractivity contribution in [2.24, 2.45) is 0 Å². The fraction of sp³-hybridized carbons (Fsp3) is 0.692. The zero-order chi connectivity index (χ0) is 14.7. The lowest BCUT2D eigenvalue weighted by Crippen LogP contribution is -2.22. The zero-order valence-electron chi connectivity index (χ0n) is 12.3. The van der Waals surface area contributed by atoms with E-state index in [9.17, 15) is 0 Å². The van der Waals surface area contributed by atoms with Gasteiger partial charge in [0.05, 0.1) is 17.2 Å². The van der Waals surface area contributed by atoms with Gasteiger partial charge in [0, 0.05) is 29.6 Å². The molecule has 2 aromatic rings.